The summed E-state index contributed by atoms with van der Waals surface area (Å²) in [6, 6.07) is 15.4. The molecule has 1 amide bonds. The molecule has 122 valence electrons. The van der Waals surface area contributed by atoms with Gasteiger partial charge >= 0.3 is 0 Å². The highest BCUT2D eigenvalue weighted by Crippen LogP contribution is 2.25. The lowest BCUT2D eigenvalue weighted by molar-refractivity contribution is -0.121. The second kappa shape index (κ2) is 8.70. The summed E-state index contributed by atoms with van der Waals surface area (Å²) in [5.74, 6) is 0.787. The van der Waals surface area contributed by atoms with Gasteiger partial charge in [-0.25, -0.2) is 0 Å². The van der Waals surface area contributed by atoms with Gasteiger partial charge in [0.1, 0.15) is 5.75 Å². The number of ether oxygens (including phenoxy) is 1. The summed E-state index contributed by atoms with van der Waals surface area (Å²) in [4.78, 5) is 12.0. The number of carbonyl (C=O) groups is 1. The van der Waals surface area contributed by atoms with Crippen molar-refractivity contribution in [2.45, 2.75) is 18.9 Å². The molecule has 0 aliphatic rings. The smallest absolute Gasteiger partial charge is 0.220 e. The first-order valence-electron chi connectivity index (χ1n) is 7.50. The van der Waals surface area contributed by atoms with Gasteiger partial charge in [-0.15, -0.1) is 0 Å². The first-order chi connectivity index (χ1) is 11.1. The Morgan fingerprint density at radius 3 is 2.65 bits per heavy atom. The van der Waals surface area contributed by atoms with Crippen molar-refractivity contribution in [3.8, 4) is 5.75 Å². The molecule has 0 heterocycles. The molecule has 0 spiro atoms. The maximum absolute atomic E-state index is 12.0. The Morgan fingerprint density at radius 2 is 2.00 bits per heavy atom. The summed E-state index contributed by atoms with van der Waals surface area (Å²) in [5.41, 5.74) is 8.17. The van der Waals surface area contributed by atoms with Gasteiger partial charge in [-0.3, -0.25) is 4.79 Å². The molecule has 23 heavy (non-hydrogen) atoms. The van der Waals surface area contributed by atoms with Crippen molar-refractivity contribution >= 4 is 21.8 Å². The molecular weight excluding hydrogens is 356 g/mol. The highest BCUT2D eigenvalue weighted by atomic mass is 79.9. The molecule has 0 aliphatic carbocycles. The molecule has 3 N–H and O–H groups in total. The van der Waals surface area contributed by atoms with E-state index in [1.165, 1.54) is 0 Å². The Labute approximate surface area is 145 Å². The Hall–Kier alpha value is -1.85. The van der Waals surface area contributed by atoms with E-state index in [2.05, 4.69) is 21.2 Å². The fourth-order valence-electron chi connectivity index (χ4n) is 2.25. The molecule has 2 rings (SSSR count). The highest BCUT2D eigenvalue weighted by molar-refractivity contribution is 9.10. The summed E-state index contributed by atoms with van der Waals surface area (Å²) in [6.07, 6.45) is 1.11. The maximum Gasteiger partial charge on any atom is 0.220 e. The largest absolute Gasteiger partial charge is 0.496 e. The van der Waals surface area contributed by atoms with Crippen LogP contribution >= 0.6 is 15.9 Å². The molecule has 0 saturated carbocycles. The minimum atomic E-state index is -0.185. The van der Waals surface area contributed by atoms with Crippen molar-refractivity contribution in [2.24, 2.45) is 5.73 Å². The molecule has 1 atom stereocenters. The summed E-state index contributed by atoms with van der Waals surface area (Å²) in [6.45, 7) is 0.440. The monoisotopic (exact) mass is 376 g/mol. The summed E-state index contributed by atoms with van der Waals surface area (Å²) in [7, 11) is 1.63. The molecule has 0 aliphatic heterocycles. The zero-order valence-corrected chi connectivity index (χ0v) is 14.7. The van der Waals surface area contributed by atoms with Crippen LogP contribution in [-0.2, 0) is 11.2 Å². The highest BCUT2D eigenvalue weighted by Gasteiger charge is 2.08. The van der Waals surface area contributed by atoms with Crippen LogP contribution < -0.4 is 15.8 Å². The third kappa shape index (κ3) is 5.37. The topological polar surface area (TPSA) is 64.3 Å². The van der Waals surface area contributed by atoms with Gasteiger partial charge in [0, 0.05) is 19.0 Å². The van der Waals surface area contributed by atoms with Gasteiger partial charge < -0.3 is 15.8 Å². The van der Waals surface area contributed by atoms with Crippen molar-refractivity contribution in [3.63, 3.8) is 0 Å². The molecule has 2 aromatic rings. The average molecular weight is 377 g/mol. The van der Waals surface area contributed by atoms with E-state index in [0.29, 0.717) is 19.4 Å². The fourth-order valence-corrected chi connectivity index (χ4v) is 2.84. The normalized spacial score (nSPS) is 11.8. The summed E-state index contributed by atoms with van der Waals surface area (Å²) < 4.78 is 6.09. The maximum atomic E-state index is 12.0. The first-order valence-corrected chi connectivity index (χ1v) is 8.29. The van der Waals surface area contributed by atoms with Gasteiger partial charge in [0.15, 0.2) is 0 Å². The lowest BCUT2D eigenvalue weighted by Crippen LogP contribution is -2.32. The summed E-state index contributed by atoms with van der Waals surface area (Å²) >= 11 is 3.45. The molecule has 5 heteroatoms. The van der Waals surface area contributed by atoms with Crippen LogP contribution in [0.5, 0.6) is 5.75 Å². The number of rotatable bonds is 7. The van der Waals surface area contributed by atoms with E-state index in [1.54, 1.807) is 7.11 Å². The number of carbonyl (C=O) groups excluding carboxylic acids is 1. The van der Waals surface area contributed by atoms with Crippen LogP contribution in [0.15, 0.2) is 53.0 Å². The Balaban J connectivity index is 1.78. The number of nitrogens with one attached hydrogen (secondary N) is 1. The minimum Gasteiger partial charge on any atom is -0.496 e. The van der Waals surface area contributed by atoms with Gasteiger partial charge in [-0.05, 0) is 45.6 Å². The molecule has 0 bridgehead atoms. The van der Waals surface area contributed by atoms with E-state index in [9.17, 15) is 4.79 Å². The van der Waals surface area contributed by atoms with E-state index < -0.39 is 0 Å². The first kappa shape index (κ1) is 17.5. The number of aryl methyl sites for hydroxylation is 1. The number of halogens is 1. The molecular formula is C18H21BrN2O2. The Kier molecular flexibility index (Phi) is 6.62. The van der Waals surface area contributed by atoms with E-state index in [-0.39, 0.29) is 11.9 Å². The van der Waals surface area contributed by atoms with Crippen LogP contribution in [0.3, 0.4) is 0 Å². The Morgan fingerprint density at radius 1 is 1.26 bits per heavy atom. The molecule has 4 nitrogen and oxygen atoms in total. The molecule has 2 aromatic carbocycles. The fraction of sp³-hybridized carbons (Fsp3) is 0.278. The van der Waals surface area contributed by atoms with Crippen LogP contribution in [0, 0.1) is 0 Å². The quantitative estimate of drug-likeness (QED) is 0.779. The van der Waals surface area contributed by atoms with E-state index >= 15 is 0 Å². The number of methoxy groups -OCH3 is 1. The summed E-state index contributed by atoms with van der Waals surface area (Å²) in [5, 5.41) is 2.89. The lowest BCUT2D eigenvalue weighted by Gasteiger charge is -2.13. The third-order valence-electron chi connectivity index (χ3n) is 3.60. The van der Waals surface area contributed by atoms with E-state index in [4.69, 9.17) is 10.5 Å². The molecule has 0 radical (unpaired) electrons. The van der Waals surface area contributed by atoms with Crippen LogP contribution in [0.1, 0.15) is 23.6 Å². The zero-order valence-electron chi connectivity index (χ0n) is 13.1. The third-order valence-corrected chi connectivity index (χ3v) is 4.22. The predicted molar refractivity (Wildman–Crippen MR) is 95.4 cm³/mol. The second-order valence-corrected chi connectivity index (χ2v) is 6.14. The molecule has 1 unspecified atom stereocenters. The number of hydrogen-bond acceptors (Lipinski definition) is 3. The van der Waals surface area contributed by atoms with Crippen molar-refractivity contribution in [2.75, 3.05) is 13.7 Å². The van der Waals surface area contributed by atoms with Crippen LogP contribution in [-0.4, -0.2) is 19.6 Å². The molecule has 0 aromatic heterocycles. The van der Waals surface area contributed by atoms with Crippen LogP contribution in [0.25, 0.3) is 0 Å². The van der Waals surface area contributed by atoms with Crippen molar-refractivity contribution in [1.29, 1.82) is 0 Å². The zero-order chi connectivity index (χ0) is 16.7. The van der Waals surface area contributed by atoms with Gasteiger partial charge in [-0.1, -0.05) is 36.4 Å². The number of amides is 1. The number of nitrogens with two attached hydrogens (primary N) is 1. The minimum absolute atomic E-state index is 0.00308. The van der Waals surface area contributed by atoms with Gasteiger partial charge in [-0.2, -0.15) is 0 Å². The standard InChI is InChI=1S/C18H21BrN2O2/c1-23-17-9-7-13(11-15(17)19)8-10-18(22)21-12-16(20)14-5-3-2-4-6-14/h2-7,9,11,16H,8,10,12,20H2,1H3,(H,21,22). The second-order valence-electron chi connectivity index (χ2n) is 5.29. The predicted octanol–water partition coefficient (Wildman–Crippen LogP) is 3.21. The van der Waals surface area contributed by atoms with Gasteiger partial charge in [0.25, 0.3) is 0 Å². The lowest BCUT2D eigenvalue weighted by atomic mass is 10.1. The van der Waals surface area contributed by atoms with Gasteiger partial charge in [0.05, 0.1) is 11.6 Å². The number of hydrogen-bond donors (Lipinski definition) is 2. The Bertz CT molecular complexity index is 647. The van der Waals surface area contributed by atoms with E-state index in [1.807, 2.05) is 48.5 Å². The van der Waals surface area contributed by atoms with Crippen LogP contribution in [0.4, 0.5) is 0 Å². The van der Waals surface area contributed by atoms with Crippen molar-refractivity contribution in [1.82, 2.24) is 5.32 Å². The average Bonchev–Trinajstić information content (AvgIpc) is 2.58. The van der Waals surface area contributed by atoms with Crippen molar-refractivity contribution in [3.05, 3.63) is 64.1 Å². The molecule has 0 saturated heterocycles. The SMILES string of the molecule is COc1ccc(CCC(=O)NCC(N)c2ccccc2)cc1Br. The molecule has 0 fully saturated rings. The van der Waals surface area contributed by atoms with Crippen molar-refractivity contribution < 1.29 is 9.53 Å². The van der Waals surface area contributed by atoms with Crippen LogP contribution in [0.2, 0.25) is 0 Å². The number of benzene rings is 2. The van der Waals surface area contributed by atoms with E-state index in [0.717, 1.165) is 21.3 Å². The van der Waals surface area contributed by atoms with Gasteiger partial charge in [0.2, 0.25) is 5.91 Å².